The van der Waals surface area contributed by atoms with Gasteiger partial charge in [0.05, 0.1) is 17.1 Å². The largest absolute Gasteiger partial charge is 0.478 e. The molecule has 1 aromatic heterocycles. The SMILES string of the molecule is CC(C)S(=O)(=O)N1CCN(c2cnn(-c3cc(F)cc(F)c3)c(=O)c2OC2CCc3ccccc32)CC1. The normalized spacial score (nSPS) is 18.3. The Morgan fingerprint density at radius 2 is 1.70 bits per heavy atom. The monoisotopic (exact) mass is 530 g/mol. The van der Waals surface area contributed by atoms with Crippen LogP contribution in [0.5, 0.6) is 5.75 Å². The third-order valence-electron chi connectivity index (χ3n) is 6.88. The van der Waals surface area contributed by atoms with Crippen molar-refractivity contribution in [1.29, 1.82) is 0 Å². The number of halogens is 2. The molecule has 8 nitrogen and oxygen atoms in total. The van der Waals surface area contributed by atoms with Gasteiger partial charge in [-0.05, 0) is 49.9 Å². The van der Waals surface area contributed by atoms with E-state index in [1.165, 1.54) is 10.5 Å². The van der Waals surface area contributed by atoms with Gasteiger partial charge in [0.2, 0.25) is 15.8 Å². The van der Waals surface area contributed by atoms with Crippen molar-refractivity contribution in [2.24, 2.45) is 0 Å². The number of ether oxygens (including phenoxy) is 1. The van der Waals surface area contributed by atoms with Gasteiger partial charge in [-0.15, -0.1) is 0 Å². The molecule has 5 rings (SSSR count). The number of hydrogen-bond acceptors (Lipinski definition) is 6. The maximum absolute atomic E-state index is 13.9. The number of nitrogens with zero attached hydrogens (tertiary/aromatic N) is 4. The number of rotatable bonds is 6. The molecule has 11 heteroatoms. The Hall–Kier alpha value is -3.31. The number of sulfonamides is 1. The van der Waals surface area contributed by atoms with Gasteiger partial charge in [0.15, 0.2) is 0 Å². The van der Waals surface area contributed by atoms with Gasteiger partial charge in [-0.1, -0.05) is 24.3 Å². The van der Waals surface area contributed by atoms with Crippen LogP contribution in [0, 0.1) is 11.6 Å². The van der Waals surface area contributed by atoms with Crippen molar-refractivity contribution in [3.8, 4) is 11.4 Å². The molecule has 3 aromatic rings. The molecule has 0 saturated carbocycles. The number of hydrogen-bond donors (Lipinski definition) is 0. The van der Waals surface area contributed by atoms with Crippen LogP contribution in [0.1, 0.15) is 37.5 Å². The van der Waals surface area contributed by atoms with E-state index in [0.29, 0.717) is 25.2 Å². The van der Waals surface area contributed by atoms with Crippen molar-refractivity contribution >= 4 is 15.7 Å². The molecule has 0 amide bonds. The van der Waals surface area contributed by atoms with Crippen LogP contribution >= 0.6 is 0 Å². The lowest BCUT2D eigenvalue weighted by Crippen LogP contribution is -2.50. The van der Waals surface area contributed by atoms with Crippen molar-refractivity contribution < 1.29 is 21.9 Å². The van der Waals surface area contributed by atoms with Crippen LogP contribution in [0.4, 0.5) is 14.5 Å². The van der Waals surface area contributed by atoms with Gasteiger partial charge < -0.3 is 9.64 Å². The van der Waals surface area contributed by atoms with Crippen molar-refractivity contribution in [2.45, 2.75) is 38.0 Å². The van der Waals surface area contributed by atoms with Crippen LogP contribution in [0.25, 0.3) is 5.69 Å². The second-order valence-electron chi connectivity index (χ2n) is 9.53. The number of aromatic nitrogens is 2. The Bertz CT molecular complexity index is 1460. The molecule has 196 valence electrons. The number of anilines is 1. The van der Waals surface area contributed by atoms with E-state index in [9.17, 15) is 22.0 Å². The quantitative estimate of drug-likeness (QED) is 0.486. The Labute approximate surface area is 214 Å². The molecule has 1 aliphatic carbocycles. The van der Waals surface area contributed by atoms with Crippen molar-refractivity contribution in [1.82, 2.24) is 14.1 Å². The summed E-state index contributed by atoms with van der Waals surface area (Å²) in [6.07, 6.45) is 2.55. The highest BCUT2D eigenvalue weighted by Gasteiger charge is 2.32. The molecule has 0 spiro atoms. The molecule has 1 aliphatic heterocycles. The van der Waals surface area contributed by atoms with Crippen LogP contribution in [0.3, 0.4) is 0 Å². The second kappa shape index (κ2) is 9.86. The van der Waals surface area contributed by atoms with Crippen molar-refractivity contribution in [2.75, 3.05) is 31.1 Å². The lowest BCUT2D eigenvalue weighted by atomic mass is 10.1. The fourth-order valence-electron chi connectivity index (χ4n) is 4.88. The molecule has 2 heterocycles. The van der Waals surface area contributed by atoms with Crippen LogP contribution in [0.2, 0.25) is 0 Å². The average Bonchev–Trinajstić information content (AvgIpc) is 3.27. The first-order chi connectivity index (χ1) is 17.6. The lowest BCUT2D eigenvalue weighted by molar-refractivity contribution is 0.203. The summed E-state index contributed by atoms with van der Waals surface area (Å²) >= 11 is 0. The van der Waals surface area contributed by atoms with Gasteiger partial charge in [0.1, 0.15) is 23.4 Å². The van der Waals surface area contributed by atoms with Crippen molar-refractivity contribution in [3.63, 3.8) is 0 Å². The standard InChI is InChI=1S/C26H28F2N4O4S/c1-17(2)37(34,35)31-11-9-30(10-12-31)23-16-29-32(21-14-19(27)13-20(28)15-21)26(33)25(23)36-24-8-7-18-5-3-4-6-22(18)24/h3-6,13-17,24H,7-12H2,1-2H3. The van der Waals surface area contributed by atoms with Gasteiger partial charge in [0, 0.05) is 32.2 Å². The zero-order valence-electron chi connectivity index (χ0n) is 20.6. The second-order valence-corrected chi connectivity index (χ2v) is 12.0. The Morgan fingerprint density at radius 1 is 1.03 bits per heavy atom. The first-order valence-electron chi connectivity index (χ1n) is 12.2. The topological polar surface area (TPSA) is 84.7 Å². The lowest BCUT2D eigenvalue weighted by Gasteiger charge is -2.36. The van der Waals surface area contributed by atoms with E-state index in [0.717, 1.165) is 40.4 Å². The molecule has 1 saturated heterocycles. The minimum absolute atomic E-state index is 0.0153. The number of piperazine rings is 1. The minimum atomic E-state index is -3.40. The predicted octanol–water partition coefficient (Wildman–Crippen LogP) is 3.44. The summed E-state index contributed by atoms with van der Waals surface area (Å²) in [4.78, 5) is 15.5. The van der Waals surface area contributed by atoms with E-state index in [2.05, 4.69) is 5.10 Å². The molecular formula is C26H28F2N4O4S. The first-order valence-corrected chi connectivity index (χ1v) is 13.7. The summed E-state index contributed by atoms with van der Waals surface area (Å²) in [7, 11) is -3.40. The van der Waals surface area contributed by atoms with E-state index in [1.807, 2.05) is 29.2 Å². The molecular weight excluding hydrogens is 502 g/mol. The van der Waals surface area contributed by atoms with Crippen LogP contribution < -0.4 is 15.2 Å². The van der Waals surface area contributed by atoms with Gasteiger partial charge in [-0.25, -0.2) is 17.2 Å². The van der Waals surface area contributed by atoms with Crippen LogP contribution in [0.15, 0.2) is 53.5 Å². The van der Waals surface area contributed by atoms with Crippen LogP contribution in [-0.2, 0) is 16.4 Å². The summed E-state index contributed by atoms with van der Waals surface area (Å²) in [5, 5.41) is 3.67. The van der Waals surface area contributed by atoms with Crippen LogP contribution in [-0.4, -0.2) is 53.9 Å². The summed E-state index contributed by atoms with van der Waals surface area (Å²) in [6, 6.07) is 10.6. The molecule has 1 fully saturated rings. The van der Waals surface area contributed by atoms with Gasteiger partial charge in [-0.2, -0.15) is 14.1 Å². The summed E-state index contributed by atoms with van der Waals surface area (Å²) in [5.74, 6) is -1.65. The number of benzene rings is 2. The Morgan fingerprint density at radius 3 is 2.38 bits per heavy atom. The zero-order chi connectivity index (χ0) is 26.3. The van der Waals surface area contributed by atoms with E-state index in [4.69, 9.17) is 4.74 Å². The van der Waals surface area contributed by atoms with Gasteiger partial charge in [-0.3, -0.25) is 4.79 Å². The maximum atomic E-state index is 13.9. The zero-order valence-corrected chi connectivity index (χ0v) is 21.4. The molecule has 0 N–H and O–H groups in total. The Balaban J connectivity index is 1.52. The van der Waals surface area contributed by atoms with E-state index >= 15 is 0 Å². The summed E-state index contributed by atoms with van der Waals surface area (Å²) in [5.41, 5.74) is 1.84. The molecule has 2 aliphatic rings. The third-order valence-corrected chi connectivity index (χ3v) is 9.16. The minimum Gasteiger partial charge on any atom is -0.478 e. The molecule has 0 bridgehead atoms. The van der Waals surface area contributed by atoms with E-state index in [1.54, 1.807) is 13.8 Å². The highest BCUT2D eigenvalue weighted by atomic mass is 32.2. The molecule has 1 unspecified atom stereocenters. The summed E-state index contributed by atoms with van der Waals surface area (Å²) in [6.45, 7) is 4.47. The maximum Gasteiger partial charge on any atom is 0.316 e. The van der Waals surface area contributed by atoms with Crippen molar-refractivity contribution in [3.05, 3.63) is 81.8 Å². The number of fused-ring (bicyclic) bond motifs is 1. The fraction of sp³-hybridized carbons (Fsp3) is 0.385. The van der Waals surface area contributed by atoms with E-state index < -0.39 is 32.5 Å². The molecule has 0 radical (unpaired) electrons. The highest BCUT2D eigenvalue weighted by molar-refractivity contribution is 7.89. The van der Waals surface area contributed by atoms with Gasteiger partial charge >= 0.3 is 5.56 Å². The van der Waals surface area contributed by atoms with Gasteiger partial charge in [0.25, 0.3) is 0 Å². The molecule has 2 aromatic carbocycles. The predicted molar refractivity (Wildman–Crippen MR) is 136 cm³/mol. The van der Waals surface area contributed by atoms with E-state index in [-0.39, 0.29) is 30.6 Å². The smallest absolute Gasteiger partial charge is 0.316 e. The average molecular weight is 531 g/mol. The molecule has 1 atom stereocenters. The Kier molecular flexibility index (Phi) is 6.76. The highest BCUT2D eigenvalue weighted by Crippen LogP contribution is 2.37. The summed E-state index contributed by atoms with van der Waals surface area (Å²) < 4.78 is 61.8. The first kappa shape index (κ1) is 25.3. The molecule has 37 heavy (non-hydrogen) atoms. The third kappa shape index (κ3) is 4.85. The fourth-order valence-corrected chi connectivity index (χ4v) is 6.14. The number of aryl methyl sites for hydroxylation is 1.